The summed E-state index contributed by atoms with van der Waals surface area (Å²) < 4.78 is 0.752. The van der Waals surface area contributed by atoms with E-state index in [1.807, 2.05) is 4.90 Å². The van der Waals surface area contributed by atoms with Crippen LogP contribution in [-0.2, 0) is 4.79 Å². The average Bonchev–Trinajstić information content (AvgIpc) is 2.80. The fraction of sp³-hybridized carbons (Fsp3) is 0.500. The van der Waals surface area contributed by atoms with Crippen molar-refractivity contribution in [2.45, 2.75) is 18.9 Å². The van der Waals surface area contributed by atoms with Gasteiger partial charge in [-0.3, -0.25) is 4.79 Å². The van der Waals surface area contributed by atoms with Crippen molar-refractivity contribution < 1.29 is 4.79 Å². The van der Waals surface area contributed by atoms with Crippen LogP contribution in [0.1, 0.15) is 12.8 Å². The second-order valence-electron chi connectivity index (χ2n) is 3.87. The number of hydrogen-bond donors (Lipinski definition) is 2. The molecule has 3 N–H and O–H groups in total. The first-order chi connectivity index (χ1) is 8.13. The molecule has 1 saturated heterocycles. The van der Waals surface area contributed by atoms with E-state index in [9.17, 15) is 4.79 Å². The summed E-state index contributed by atoms with van der Waals surface area (Å²) in [5.41, 5.74) is 5.58. The van der Waals surface area contributed by atoms with Crippen LogP contribution in [0.25, 0.3) is 0 Å². The summed E-state index contributed by atoms with van der Waals surface area (Å²) in [5, 5.41) is 2.67. The number of nitrogens with one attached hydrogen (secondary N) is 1. The Labute approximate surface area is 108 Å². The Morgan fingerprint density at radius 1 is 1.71 bits per heavy atom. The Morgan fingerprint density at radius 3 is 3.18 bits per heavy atom. The molecule has 1 aliphatic heterocycles. The number of amides is 1. The lowest BCUT2D eigenvalue weighted by atomic mass is 10.2. The monoisotopic (exact) mass is 299 g/mol. The number of carbonyl (C=O) groups is 1. The third-order valence-corrected chi connectivity index (χ3v) is 3.38. The Morgan fingerprint density at radius 2 is 2.47 bits per heavy atom. The van der Waals surface area contributed by atoms with Gasteiger partial charge in [-0.1, -0.05) is 0 Å². The van der Waals surface area contributed by atoms with E-state index >= 15 is 0 Å². The lowest BCUT2D eigenvalue weighted by Gasteiger charge is -2.25. The Bertz CT molecular complexity index is 439. The third-order valence-electron chi connectivity index (χ3n) is 2.82. The van der Waals surface area contributed by atoms with Crippen molar-refractivity contribution in [3.05, 3.63) is 10.7 Å². The molecule has 1 fully saturated rings. The molecule has 0 saturated carbocycles. The number of anilines is 2. The Hall–Kier alpha value is -1.37. The smallest absolute Gasteiger partial charge is 0.242 e. The van der Waals surface area contributed by atoms with E-state index < -0.39 is 0 Å². The second-order valence-corrected chi connectivity index (χ2v) is 4.72. The van der Waals surface area contributed by atoms with Gasteiger partial charge < -0.3 is 16.0 Å². The Kier molecular flexibility index (Phi) is 3.46. The molecule has 92 valence electrons. The van der Waals surface area contributed by atoms with E-state index in [0.717, 1.165) is 23.9 Å². The van der Waals surface area contributed by atoms with Gasteiger partial charge in [-0.25, -0.2) is 4.98 Å². The minimum absolute atomic E-state index is 0.00610. The molecule has 1 atom stereocenters. The Balaban J connectivity index is 2.32. The summed E-state index contributed by atoms with van der Waals surface area (Å²) >= 11 is 3.39. The highest BCUT2D eigenvalue weighted by molar-refractivity contribution is 9.10. The first kappa shape index (κ1) is 12.1. The minimum atomic E-state index is -0.175. The zero-order valence-corrected chi connectivity index (χ0v) is 11.1. The molecule has 7 heteroatoms. The van der Waals surface area contributed by atoms with Crippen molar-refractivity contribution in [1.29, 1.82) is 0 Å². The van der Waals surface area contributed by atoms with Crippen molar-refractivity contribution in [1.82, 2.24) is 15.3 Å². The molecule has 1 aromatic rings. The predicted octanol–water partition coefficient (Wildman–Crippen LogP) is 0.536. The molecule has 1 aromatic heterocycles. The van der Waals surface area contributed by atoms with Gasteiger partial charge in [0.25, 0.3) is 0 Å². The molecule has 0 aliphatic carbocycles. The molecule has 17 heavy (non-hydrogen) atoms. The van der Waals surface area contributed by atoms with Crippen LogP contribution in [0.3, 0.4) is 0 Å². The van der Waals surface area contributed by atoms with Gasteiger partial charge in [0.15, 0.2) is 0 Å². The number of hydrogen-bond acceptors (Lipinski definition) is 5. The molecule has 1 unspecified atom stereocenters. The van der Waals surface area contributed by atoms with Gasteiger partial charge in [-0.05, 0) is 28.8 Å². The van der Waals surface area contributed by atoms with E-state index in [-0.39, 0.29) is 17.9 Å². The number of nitrogens with two attached hydrogens (primary N) is 1. The van der Waals surface area contributed by atoms with Crippen LogP contribution in [0.5, 0.6) is 0 Å². The minimum Gasteiger partial charge on any atom is -0.368 e. The summed E-state index contributed by atoms with van der Waals surface area (Å²) in [6.07, 6.45) is 3.40. The molecule has 1 aliphatic rings. The van der Waals surface area contributed by atoms with Gasteiger partial charge in [-0.2, -0.15) is 4.98 Å². The predicted molar refractivity (Wildman–Crippen MR) is 68.6 cm³/mol. The van der Waals surface area contributed by atoms with Crippen molar-refractivity contribution in [3.8, 4) is 0 Å². The maximum absolute atomic E-state index is 11.8. The van der Waals surface area contributed by atoms with Gasteiger partial charge in [0.1, 0.15) is 11.9 Å². The number of carbonyl (C=O) groups excluding carboxylic acids is 1. The molecule has 0 aromatic carbocycles. The highest BCUT2D eigenvalue weighted by atomic mass is 79.9. The van der Waals surface area contributed by atoms with Gasteiger partial charge in [0.2, 0.25) is 11.9 Å². The van der Waals surface area contributed by atoms with E-state index in [2.05, 4.69) is 31.2 Å². The summed E-state index contributed by atoms with van der Waals surface area (Å²) in [4.78, 5) is 21.8. The van der Waals surface area contributed by atoms with Crippen LogP contribution in [-0.4, -0.2) is 35.5 Å². The number of halogens is 1. The summed E-state index contributed by atoms with van der Waals surface area (Å²) in [6, 6.07) is -0.175. The number of likely N-dealkylation sites (N-methyl/N-ethyl adjacent to an activating group) is 1. The quantitative estimate of drug-likeness (QED) is 0.832. The molecule has 2 rings (SSSR count). The van der Waals surface area contributed by atoms with Crippen molar-refractivity contribution in [2.75, 3.05) is 24.2 Å². The van der Waals surface area contributed by atoms with Crippen molar-refractivity contribution in [3.63, 3.8) is 0 Å². The molecule has 0 radical (unpaired) electrons. The van der Waals surface area contributed by atoms with E-state index in [0.29, 0.717) is 5.82 Å². The van der Waals surface area contributed by atoms with Crippen LogP contribution in [0.2, 0.25) is 0 Å². The zero-order valence-electron chi connectivity index (χ0n) is 9.48. The standard InChI is InChI=1S/C10H14BrN5O/c1-13-9(17)7-3-2-4-16(7)8-6(11)5-14-10(12)15-8/h5,7H,2-4H2,1H3,(H,13,17)(H2,12,14,15). The van der Waals surface area contributed by atoms with E-state index in [4.69, 9.17) is 5.73 Å². The number of nitrogen functional groups attached to an aromatic ring is 1. The number of rotatable bonds is 2. The van der Waals surface area contributed by atoms with Crippen LogP contribution >= 0.6 is 15.9 Å². The van der Waals surface area contributed by atoms with E-state index in [1.54, 1.807) is 13.2 Å². The summed E-state index contributed by atoms with van der Waals surface area (Å²) in [7, 11) is 1.64. The number of nitrogens with zero attached hydrogens (tertiary/aromatic N) is 3. The van der Waals surface area contributed by atoms with Crippen molar-refractivity contribution >= 4 is 33.6 Å². The van der Waals surface area contributed by atoms with Crippen LogP contribution in [0.4, 0.5) is 11.8 Å². The van der Waals surface area contributed by atoms with Crippen LogP contribution in [0, 0.1) is 0 Å². The highest BCUT2D eigenvalue weighted by Crippen LogP contribution is 2.30. The number of aromatic nitrogens is 2. The summed E-state index contributed by atoms with van der Waals surface area (Å²) in [6.45, 7) is 0.799. The average molecular weight is 300 g/mol. The zero-order chi connectivity index (χ0) is 12.4. The lowest BCUT2D eigenvalue weighted by Crippen LogP contribution is -2.42. The molecule has 0 spiro atoms. The third kappa shape index (κ3) is 2.33. The molecule has 2 heterocycles. The molecule has 0 bridgehead atoms. The van der Waals surface area contributed by atoms with Gasteiger partial charge in [0.05, 0.1) is 4.47 Å². The van der Waals surface area contributed by atoms with Crippen LogP contribution in [0.15, 0.2) is 10.7 Å². The first-order valence-corrected chi connectivity index (χ1v) is 6.19. The fourth-order valence-corrected chi connectivity index (χ4v) is 2.45. The molecule has 1 amide bonds. The van der Waals surface area contributed by atoms with Gasteiger partial charge in [0, 0.05) is 19.8 Å². The van der Waals surface area contributed by atoms with E-state index in [1.165, 1.54) is 0 Å². The maximum atomic E-state index is 11.8. The SMILES string of the molecule is CNC(=O)C1CCCN1c1nc(N)ncc1Br. The highest BCUT2D eigenvalue weighted by Gasteiger charge is 2.32. The largest absolute Gasteiger partial charge is 0.368 e. The molecular formula is C10H14BrN5O. The normalized spacial score (nSPS) is 19.4. The first-order valence-electron chi connectivity index (χ1n) is 5.39. The topological polar surface area (TPSA) is 84.1 Å². The van der Waals surface area contributed by atoms with Crippen LogP contribution < -0.4 is 16.0 Å². The fourth-order valence-electron chi connectivity index (χ4n) is 2.03. The second kappa shape index (κ2) is 4.87. The van der Waals surface area contributed by atoms with Gasteiger partial charge in [-0.15, -0.1) is 0 Å². The summed E-state index contributed by atoms with van der Waals surface area (Å²) in [5.74, 6) is 0.904. The molecule has 6 nitrogen and oxygen atoms in total. The molecular weight excluding hydrogens is 286 g/mol. The van der Waals surface area contributed by atoms with Gasteiger partial charge >= 0.3 is 0 Å². The van der Waals surface area contributed by atoms with Crippen molar-refractivity contribution in [2.24, 2.45) is 0 Å². The maximum Gasteiger partial charge on any atom is 0.242 e. The lowest BCUT2D eigenvalue weighted by molar-refractivity contribution is -0.121.